The van der Waals surface area contributed by atoms with E-state index in [1.807, 2.05) is 38.1 Å². The van der Waals surface area contributed by atoms with E-state index in [0.717, 1.165) is 28.9 Å². The Morgan fingerprint density at radius 2 is 1.79 bits per heavy atom. The van der Waals surface area contributed by atoms with Crippen molar-refractivity contribution >= 4 is 33.4 Å². The van der Waals surface area contributed by atoms with E-state index in [4.69, 9.17) is 0 Å². The Balaban J connectivity index is 1.97. The van der Waals surface area contributed by atoms with E-state index in [1.54, 1.807) is 24.8 Å². The first-order chi connectivity index (χ1) is 13.6. The number of nitrogens with one attached hydrogen (secondary N) is 1. The molecule has 1 atom stereocenters. The molecule has 1 N–H and O–H groups in total. The van der Waals surface area contributed by atoms with Crippen LogP contribution in [0.25, 0.3) is 0 Å². The molecule has 0 aliphatic carbocycles. The first-order valence-corrected chi connectivity index (χ1v) is 12.6. The molecule has 0 aliphatic rings. The molecule has 7 heteroatoms. The van der Waals surface area contributed by atoms with Gasteiger partial charge in [-0.25, -0.2) is 8.42 Å². The maximum absolute atomic E-state index is 12.7. The Hall–Kier alpha value is -1.99. The normalized spacial score (nSPS) is 12.4. The van der Waals surface area contributed by atoms with Gasteiger partial charge in [-0.3, -0.25) is 9.10 Å². The fourth-order valence-corrected chi connectivity index (χ4v) is 5.24. The summed E-state index contributed by atoms with van der Waals surface area (Å²) in [4.78, 5) is 12.7. The summed E-state index contributed by atoms with van der Waals surface area (Å²) in [5, 5.41) is 2.87. The highest BCUT2D eigenvalue weighted by atomic mass is 32.2. The monoisotopic (exact) mass is 434 g/mol. The summed E-state index contributed by atoms with van der Waals surface area (Å²) < 4.78 is 26.1. The molecule has 5 nitrogen and oxygen atoms in total. The lowest BCUT2D eigenvalue weighted by molar-refractivity contribution is -0.121. The predicted molar refractivity (Wildman–Crippen MR) is 123 cm³/mol. The number of aryl methyl sites for hydroxylation is 3. The lowest BCUT2D eigenvalue weighted by Gasteiger charge is -2.29. The van der Waals surface area contributed by atoms with Crippen LogP contribution in [0.15, 0.2) is 42.5 Å². The minimum Gasteiger partial charge on any atom is -0.353 e. The van der Waals surface area contributed by atoms with Crippen LogP contribution in [0.3, 0.4) is 0 Å². The molecule has 0 spiro atoms. The highest BCUT2D eigenvalue weighted by Crippen LogP contribution is 2.26. The molecule has 0 fully saturated rings. The summed E-state index contributed by atoms with van der Waals surface area (Å²) in [6.07, 6.45) is 1.14. The van der Waals surface area contributed by atoms with Crippen molar-refractivity contribution in [1.82, 2.24) is 5.32 Å². The van der Waals surface area contributed by atoms with Crippen molar-refractivity contribution in [3.8, 4) is 0 Å². The highest BCUT2D eigenvalue weighted by Gasteiger charge is 2.30. The molecule has 2 aromatic carbocycles. The minimum absolute atomic E-state index is 0.298. The molecule has 0 aromatic heterocycles. The van der Waals surface area contributed by atoms with Crippen LogP contribution in [0.1, 0.15) is 29.2 Å². The maximum atomic E-state index is 12.7. The number of nitrogens with zero attached hydrogens (tertiary/aromatic N) is 1. The molecule has 0 aliphatic heterocycles. The number of hydrogen-bond donors (Lipinski definition) is 1. The van der Waals surface area contributed by atoms with Crippen LogP contribution in [0, 0.1) is 20.8 Å². The van der Waals surface area contributed by atoms with Crippen LogP contribution in [0.2, 0.25) is 0 Å². The summed E-state index contributed by atoms with van der Waals surface area (Å²) in [5.41, 5.74) is 4.85. The van der Waals surface area contributed by atoms with Gasteiger partial charge >= 0.3 is 0 Å². The lowest BCUT2D eigenvalue weighted by atomic mass is 10.1. The van der Waals surface area contributed by atoms with E-state index < -0.39 is 16.1 Å². The summed E-state index contributed by atoms with van der Waals surface area (Å²) in [5.74, 6) is 1.35. The van der Waals surface area contributed by atoms with Crippen molar-refractivity contribution in [3.63, 3.8) is 0 Å². The second-order valence-corrected chi connectivity index (χ2v) is 10.3. The lowest BCUT2D eigenvalue weighted by Crippen LogP contribution is -2.48. The molecule has 2 aromatic rings. The van der Waals surface area contributed by atoms with Gasteiger partial charge in [0.15, 0.2) is 0 Å². The highest BCUT2D eigenvalue weighted by molar-refractivity contribution is 7.98. The third kappa shape index (κ3) is 6.51. The summed E-state index contributed by atoms with van der Waals surface area (Å²) in [6, 6.07) is 13.0. The predicted octanol–water partition coefficient (Wildman–Crippen LogP) is 3.82. The van der Waals surface area contributed by atoms with Crippen molar-refractivity contribution in [2.24, 2.45) is 0 Å². The summed E-state index contributed by atoms with van der Waals surface area (Å²) in [7, 11) is -3.61. The molecule has 0 radical (unpaired) electrons. The zero-order valence-corrected chi connectivity index (χ0v) is 19.4. The van der Waals surface area contributed by atoms with Gasteiger partial charge in [0.05, 0.1) is 11.9 Å². The van der Waals surface area contributed by atoms with Crippen LogP contribution in [0.5, 0.6) is 0 Å². The topological polar surface area (TPSA) is 66.5 Å². The van der Waals surface area contributed by atoms with Gasteiger partial charge in [0.2, 0.25) is 15.9 Å². The summed E-state index contributed by atoms with van der Waals surface area (Å²) >= 11 is 1.74. The number of thioether (sulfide) groups is 1. The van der Waals surface area contributed by atoms with Crippen LogP contribution >= 0.6 is 11.8 Å². The third-order valence-electron chi connectivity index (χ3n) is 4.76. The van der Waals surface area contributed by atoms with E-state index in [-0.39, 0.29) is 5.91 Å². The van der Waals surface area contributed by atoms with Crippen LogP contribution < -0.4 is 9.62 Å². The molecule has 0 saturated carbocycles. The largest absolute Gasteiger partial charge is 0.353 e. The van der Waals surface area contributed by atoms with Gasteiger partial charge in [0.1, 0.15) is 6.04 Å². The van der Waals surface area contributed by atoms with Crippen molar-refractivity contribution < 1.29 is 13.2 Å². The number of hydrogen-bond acceptors (Lipinski definition) is 4. The Kier molecular flexibility index (Phi) is 8.16. The van der Waals surface area contributed by atoms with Gasteiger partial charge in [0.25, 0.3) is 0 Å². The number of benzene rings is 2. The molecule has 0 unspecified atom stereocenters. The van der Waals surface area contributed by atoms with E-state index >= 15 is 0 Å². The average Bonchev–Trinajstić information content (AvgIpc) is 2.64. The Labute approximate surface area is 178 Å². The fraction of sp³-hybridized carbons (Fsp3) is 0.409. The fourth-order valence-electron chi connectivity index (χ4n) is 3.09. The van der Waals surface area contributed by atoms with E-state index in [1.165, 1.54) is 15.4 Å². The van der Waals surface area contributed by atoms with Gasteiger partial charge in [-0.2, -0.15) is 11.8 Å². The number of rotatable bonds is 9. The number of carbonyl (C=O) groups is 1. The summed E-state index contributed by atoms with van der Waals surface area (Å²) in [6.45, 7) is 7.95. The van der Waals surface area contributed by atoms with Gasteiger partial charge in [-0.1, -0.05) is 36.4 Å². The number of anilines is 1. The minimum atomic E-state index is -3.61. The zero-order chi connectivity index (χ0) is 21.6. The van der Waals surface area contributed by atoms with Gasteiger partial charge in [0, 0.05) is 18.1 Å². The molecule has 158 valence electrons. The SMILES string of the molecule is Cc1ccc(C)c(N([C@H](C)C(=O)NCCSCc2ccccc2C)S(C)(=O)=O)c1. The van der Waals surface area contributed by atoms with Gasteiger partial charge in [-0.15, -0.1) is 0 Å². The van der Waals surface area contributed by atoms with Crippen molar-refractivity contribution in [2.45, 2.75) is 39.5 Å². The smallest absolute Gasteiger partial charge is 0.243 e. The first-order valence-electron chi connectivity index (χ1n) is 9.58. The molecule has 0 saturated heterocycles. The second-order valence-electron chi connectivity index (χ2n) is 7.29. The van der Waals surface area contributed by atoms with Gasteiger partial charge in [-0.05, 0) is 56.0 Å². The molecule has 2 rings (SSSR count). The third-order valence-corrected chi connectivity index (χ3v) is 6.99. The number of sulfonamides is 1. The molecule has 29 heavy (non-hydrogen) atoms. The first kappa shape index (κ1) is 23.3. The quantitative estimate of drug-likeness (QED) is 0.610. The van der Waals surface area contributed by atoms with Crippen molar-refractivity contribution in [2.75, 3.05) is 22.9 Å². The van der Waals surface area contributed by atoms with E-state index in [9.17, 15) is 13.2 Å². The molecular weight excluding hydrogens is 404 g/mol. The standard InChI is InChI=1S/C22H30N2O3S2/c1-16-10-11-18(3)21(14-16)24(29(5,26)27)19(4)22(25)23-12-13-28-15-20-9-7-6-8-17(20)2/h6-11,14,19H,12-13,15H2,1-5H3,(H,23,25)/t19-/m1/s1. The number of amides is 1. The Bertz CT molecular complexity index is 958. The number of carbonyl (C=O) groups excluding carboxylic acids is 1. The Morgan fingerprint density at radius 3 is 2.45 bits per heavy atom. The van der Waals surface area contributed by atoms with E-state index in [0.29, 0.717) is 12.2 Å². The van der Waals surface area contributed by atoms with Crippen LogP contribution in [-0.4, -0.2) is 38.9 Å². The Morgan fingerprint density at radius 1 is 1.10 bits per heavy atom. The van der Waals surface area contributed by atoms with Crippen LogP contribution in [-0.2, 0) is 20.6 Å². The molecule has 0 bridgehead atoms. The zero-order valence-electron chi connectivity index (χ0n) is 17.7. The van der Waals surface area contributed by atoms with E-state index in [2.05, 4.69) is 24.4 Å². The molecule has 0 heterocycles. The molecule has 1 amide bonds. The van der Waals surface area contributed by atoms with Crippen LogP contribution in [0.4, 0.5) is 5.69 Å². The van der Waals surface area contributed by atoms with Crippen molar-refractivity contribution in [1.29, 1.82) is 0 Å². The van der Waals surface area contributed by atoms with Crippen molar-refractivity contribution in [3.05, 3.63) is 64.7 Å². The average molecular weight is 435 g/mol. The van der Waals surface area contributed by atoms with Gasteiger partial charge < -0.3 is 5.32 Å². The molecular formula is C22H30N2O3S2. The second kappa shape index (κ2) is 10.2. The maximum Gasteiger partial charge on any atom is 0.243 e.